The van der Waals surface area contributed by atoms with Crippen LogP contribution in [0, 0.1) is 0 Å². The van der Waals surface area contributed by atoms with Crippen molar-refractivity contribution in [2.75, 3.05) is 14.2 Å². The number of likely N-dealkylation sites (N-methyl/N-ethyl adjacent to an activating group) is 1. The fraction of sp³-hybridized carbons (Fsp3) is 0.500. The molecular weight excluding hydrogens is 262 g/mol. The third-order valence-electron chi connectivity index (χ3n) is 5.05. The van der Waals surface area contributed by atoms with Crippen LogP contribution in [0.15, 0.2) is 29.8 Å². The molecule has 2 aliphatic rings. The van der Waals surface area contributed by atoms with E-state index >= 15 is 0 Å². The quantitative estimate of drug-likeness (QED) is 0.799. The molecule has 0 spiro atoms. The minimum Gasteiger partial charge on any atom is -0.466 e. The fourth-order valence-electron chi connectivity index (χ4n) is 3.74. The monoisotopic (exact) mass is 285 g/mol. The normalized spacial score (nSPS) is 25.3. The number of rotatable bonds is 3. The van der Waals surface area contributed by atoms with E-state index < -0.39 is 0 Å². The second kappa shape index (κ2) is 5.64. The van der Waals surface area contributed by atoms with Gasteiger partial charge in [0.05, 0.1) is 12.7 Å². The molecule has 2 aliphatic heterocycles. The molecule has 2 heterocycles. The molecule has 112 valence electrons. The summed E-state index contributed by atoms with van der Waals surface area (Å²) in [6.45, 7) is 2.16. The van der Waals surface area contributed by atoms with E-state index in [2.05, 4.69) is 43.1 Å². The van der Waals surface area contributed by atoms with Crippen LogP contribution in [0.5, 0.6) is 0 Å². The van der Waals surface area contributed by atoms with Crippen LogP contribution in [0.2, 0.25) is 0 Å². The smallest absolute Gasteiger partial charge is 0.335 e. The molecule has 2 atom stereocenters. The Morgan fingerprint density at radius 1 is 1.29 bits per heavy atom. The van der Waals surface area contributed by atoms with Crippen molar-refractivity contribution in [2.24, 2.45) is 0 Å². The molecule has 21 heavy (non-hydrogen) atoms. The SMILES string of the molecule is CCc1ccc(C2=C(C(=O)OC)C3CCC(C2)N3C)cc1. The summed E-state index contributed by atoms with van der Waals surface area (Å²) < 4.78 is 5.06. The number of hydrogen-bond acceptors (Lipinski definition) is 3. The van der Waals surface area contributed by atoms with Crippen LogP contribution >= 0.6 is 0 Å². The Labute approximate surface area is 126 Å². The van der Waals surface area contributed by atoms with E-state index in [4.69, 9.17) is 4.74 Å². The Kier molecular flexibility index (Phi) is 3.85. The summed E-state index contributed by atoms with van der Waals surface area (Å²) in [5.74, 6) is -0.165. The highest BCUT2D eigenvalue weighted by molar-refractivity contribution is 5.99. The van der Waals surface area contributed by atoms with E-state index in [0.717, 1.165) is 31.3 Å². The summed E-state index contributed by atoms with van der Waals surface area (Å²) in [6, 6.07) is 9.42. The van der Waals surface area contributed by atoms with Crippen LogP contribution < -0.4 is 0 Å². The van der Waals surface area contributed by atoms with Gasteiger partial charge in [-0.15, -0.1) is 0 Å². The Bertz CT molecular complexity index is 573. The first-order chi connectivity index (χ1) is 10.2. The number of carbonyl (C=O) groups is 1. The Morgan fingerprint density at radius 2 is 2.00 bits per heavy atom. The molecule has 2 unspecified atom stereocenters. The molecule has 3 heteroatoms. The Morgan fingerprint density at radius 3 is 2.62 bits per heavy atom. The maximum absolute atomic E-state index is 12.3. The van der Waals surface area contributed by atoms with Crippen molar-refractivity contribution in [1.82, 2.24) is 4.90 Å². The molecule has 3 nitrogen and oxygen atoms in total. The van der Waals surface area contributed by atoms with E-state index in [1.54, 1.807) is 0 Å². The lowest BCUT2D eigenvalue weighted by molar-refractivity contribution is -0.136. The summed E-state index contributed by atoms with van der Waals surface area (Å²) in [5, 5.41) is 0. The average Bonchev–Trinajstić information content (AvgIpc) is 2.76. The standard InChI is InChI=1S/C18H23NO2/c1-4-12-5-7-13(8-6-12)15-11-14-9-10-16(19(14)2)17(15)18(20)21-3/h5-8,14,16H,4,9-11H2,1-3H3. The van der Waals surface area contributed by atoms with Gasteiger partial charge in [-0.25, -0.2) is 4.79 Å². The molecule has 1 aromatic carbocycles. The third kappa shape index (κ3) is 2.40. The predicted octanol–water partition coefficient (Wildman–Crippen LogP) is 3.04. The number of benzene rings is 1. The van der Waals surface area contributed by atoms with Crippen molar-refractivity contribution in [3.63, 3.8) is 0 Å². The number of aryl methyl sites for hydroxylation is 1. The predicted molar refractivity (Wildman–Crippen MR) is 83.9 cm³/mol. The molecule has 1 fully saturated rings. The van der Waals surface area contributed by atoms with E-state index in [1.165, 1.54) is 23.8 Å². The van der Waals surface area contributed by atoms with Crippen LogP contribution in [-0.4, -0.2) is 37.1 Å². The number of methoxy groups -OCH3 is 1. The second-order valence-electron chi connectivity index (χ2n) is 6.05. The molecule has 3 rings (SSSR count). The van der Waals surface area contributed by atoms with Gasteiger partial charge in [0.25, 0.3) is 0 Å². The highest BCUT2D eigenvalue weighted by Gasteiger charge is 2.42. The van der Waals surface area contributed by atoms with Gasteiger partial charge in [0.15, 0.2) is 0 Å². The number of ether oxygens (including phenoxy) is 1. The van der Waals surface area contributed by atoms with Crippen LogP contribution in [-0.2, 0) is 16.0 Å². The van der Waals surface area contributed by atoms with Gasteiger partial charge < -0.3 is 4.74 Å². The number of nitrogens with zero attached hydrogens (tertiary/aromatic N) is 1. The lowest BCUT2D eigenvalue weighted by Gasteiger charge is -2.34. The highest BCUT2D eigenvalue weighted by atomic mass is 16.5. The molecule has 0 aliphatic carbocycles. The lowest BCUT2D eigenvalue weighted by atomic mass is 9.88. The van der Waals surface area contributed by atoms with Crippen molar-refractivity contribution in [3.05, 3.63) is 41.0 Å². The summed E-state index contributed by atoms with van der Waals surface area (Å²) in [7, 11) is 3.61. The van der Waals surface area contributed by atoms with Crippen LogP contribution in [0.25, 0.3) is 5.57 Å². The van der Waals surface area contributed by atoms with Gasteiger partial charge in [-0.1, -0.05) is 31.2 Å². The summed E-state index contributed by atoms with van der Waals surface area (Å²) >= 11 is 0. The summed E-state index contributed by atoms with van der Waals surface area (Å²) in [5.41, 5.74) is 4.57. The van der Waals surface area contributed by atoms with Gasteiger partial charge in [-0.2, -0.15) is 0 Å². The Balaban J connectivity index is 2.06. The van der Waals surface area contributed by atoms with E-state index in [-0.39, 0.29) is 12.0 Å². The fourth-order valence-corrected chi connectivity index (χ4v) is 3.74. The highest BCUT2D eigenvalue weighted by Crippen LogP contribution is 2.42. The maximum Gasteiger partial charge on any atom is 0.335 e. The van der Waals surface area contributed by atoms with Gasteiger partial charge in [-0.05, 0) is 49.4 Å². The van der Waals surface area contributed by atoms with Gasteiger partial charge in [-0.3, -0.25) is 4.90 Å². The van der Waals surface area contributed by atoms with E-state index in [0.29, 0.717) is 6.04 Å². The zero-order valence-electron chi connectivity index (χ0n) is 13.1. The second-order valence-corrected chi connectivity index (χ2v) is 6.05. The van der Waals surface area contributed by atoms with Crippen molar-refractivity contribution in [1.29, 1.82) is 0 Å². The molecule has 0 N–H and O–H groups in total. The molecule has 1 saturated heterocycles. The van der Waals surface area contributed by atoms with E-state index in [9.17, 15) is 4.79 Å². The molecule has 2 bridgehead atoms. The Hall–Kier alpha value is -1.61. The van der Waals surface area contributed by atoms with Crippen molar-refractivity contribution < 1.29 is 9.53 Å². The number of fused-ring (bicyclic) bond motifs is 2. The molecule has 0 amide bonds. The summed E-state index contributed by atoms with van der Waals surface area (Å²) in [6.07, 6.45) is 4.21. The van der Waals surface area contributed by atoms with Gasteiger partial charge in [0.1, 0.15) is 0 Å². The first kappa shape index (κ1) is 14.3. The van der Waals surface area contributed by atoms with Gasteiger partial charge in [0, 0.05) is 12.1 Å². The van der Waals surface area contributed by atoms with Crippen molar-refractivity contribution in [2.45, 2.75) is 44.7 Å². The zero-order chi connectivity index (χ0) is 15.0. The van der Waals surface area contributed by atoms with Crippen LogP contribution in [0.4, 0.5) is 0 Å². The average molecular weight is 285 g/mol. The van der Waals surface area contributed by atoms with Gasteiger partial charge in [0.2, 0.25) is 0 Å². The molecular formula is C18H23NO2. The topological polar surface area (TPSA) is 29.5 Å². The van der Waals surface area contributed by atoms with Gasteiger partial charge >= 0.3 is 5.97 Å². The summed E-state index contributed by atoms with van der Waals surface area (Å²) in [4.78, 5) is 14.6. The van der Waals surface area contributed by atoms with Crippen LogP contribution in [0.3, 0.4) is 0 Å². The number of hydrogen-bond donors (Lipinski definition) is 0. The first-order valence-corrected chi connectivity index (χ1v) is 7.78. The largest absolute Gasteiger partial charge is 0.466 e. The zero-order valence-corrected chi connectivity index (χ0v) is 13.1. The van der Waals surface area contributed by atoms with Crippen LogP contribution in [0.1, 0.15) is 37.3 Å². The van der Waals surface area contributed by atoms with Crippen molar-refractivity contribution in [3.8, 4) is 0 Å². The van der Waals surface area contributed by atoms with Crippen molar-refractivity contribution >= 4 is 11.5 Å². The number of esters is 1. The first-order valence-electron chi connectivity index (χ1n) is 7.78. The number of carbonyl (C=O) groups excluding carboxylic acids is 1. The maximum atomic E-state index is 12.3. The molecule has 0 aromatic heterocycles. The van der Waals surface area contributed by atoms with E-state index in [1.807, 2.05) is 0 Å². The minimum absolute atomic E-state index is 0.165. The molecule has 0 saturated carbocycles. The lowest BCUT2D eigenvalue weighted by Crippen LogP contribution is -2.40. The molecule has 0 radical (unpaired) electrons. The third-order valence-corrected chi connectivity index (χ3v) is 5.05. The molecule has 1 aromatic rings. The minimum atomic E-state index is -0.165.